The Kier molecular flexibility index (Phi) is 4.18. The Labute approximate surface area is 93.5 Å². The van der Waals surface area contributed by atoms with Crippen molar-refractivity contribution in [2.75, 3.05) is 5.75 Å². The maximum absolute atomic E-state index is 11.2. The van der Waals surface area contributed by atoms with Crippen LogP contribution >= 0.6 is 0 Å². The van der Waals surface area contributed by atoms with Gasteiger partial charge >= 0.3 is 0 Å². The largest absolute Gasteiger partial charge is 0.229 e. The summed E-state index contributed by atoms with van der Waals surface area (Å²) < 4.78 is 22.3. The predicted octanol–water partition coefficient (Wildman–Crippen LogP) is 2.27. The van der Waals surface area contributed by atoms with E-state index in [1.54, 1.807) is 0 Å². The van der Waals surface area contributed by atoms with Crippen molar-refractivity contribution in [3.05, 3.63) is 0 Å². The number of primary sulfonamides is 1. The fraction of sp³-hybridized carbons (Fsp3) is 1.00. The molecule has 1 saturated carbocycles. The van der Waals surface area contributed by atoms with Crippen LogP contribution in [-0.2, 0) is 10.0 Å². The molecule has 1 aliphatic rings. The van der Waals surface area contributed by atoms with Gasteiger partial charge in [-0.1, -0.05) is 39.5 Å². The fourth-order valence-electron chi connectivity index (χ4n) is 2.70. The molecule has 0 aromatic heterocycles. The first-order valence-electron chi connectivity index (χ1n) is 5.82. The molecule has 0 atom stereocenters. The van der Waals surface area contributed by atoms with Crippen LogP contribution in [-0.4, -0.2) is 14.2 Å². The van der Waals surface area contributed by atoms with Crippen LogP contribution in [0.25, 0.3) is 0 Å². The molecule has 0 aliphatic heterocycles. The van der Waals surface area contributed by atoms with Crippen LogP contribution in [0, 0.1) is 11.3 Å². The fourth-order valence-corrected chi connectivity index (χ4v) is 3.97. The Morgan fingerprint density at radius 3 is 2.00 bits per heavy atom. The zero-order valence-electron chi connectivity index (χ0n) is 9.83. The van der Waals surface area contributed by atoms with Crippen molar-refractivity contribution in [3.63, 3.8) is 0 Å². The van der Waals surface area contributed by atoms with E-state index in [1.807, 2.05) is 13.8 Å². The third-order valence-electron chi connectivity index (χ3n) is 3.53. The van der Waals surface area contributed by atoms with Gasteiger partial charge in [0.1, 0.15) is 0 Å². The summed E-state index contributed by atoms with van der Waals surface area (Å²) in [6.45, 7) is 4.07. The van der Waals surface area contributed by atoms with E-state index in [-0.39, 0.29) is 11.2 Å². The molecule has 0 bridgehead atoms. The Morgan fingerprint density at radius 1 is 1.13 bits per heavy atom. The van der Waals surface area contributed by atoms with E-state index in [4.69, 9.17) is 5.14 Å². The van der Waals surface area contributed by atoms with Crippen molar-refractivity contribution in [1.82, 2.24) is 0 Å². The number of hydrogen-bond acceptors (Lipinski definition) is 2. The summed E-state index contributed by atoms with van der Waals surface area (Å²) in [6.07, 6.45) is 7.37. The van der Waals surface area contributed by atoms with Crippen molar-refractivity contribution in [3.8, 4) is 0 Å². The highest BCUT2D eigenvalue weighted by atomic mass is 32.2. The van der Waals surface area contributed by atoms with Gasteiger partial charge in [0.05, 0.1) is 5.75 Å². The van der Waals surface area contributed by atoms with Crippen molar-refractivity contribution >= 4 is 10.0 Å². The molecule has 1 aliphatic carbocycles. The van der Waals surface area contributed by atoms with Crippen molar-refractivity contribution in [1.29, 1.82) is 0 Å². The van der Waals surface area contributed by atoms with Crippen molar-refractivity contribution in [2.24, 2.45) is 16.5 Å². The summed E-state index contributed by atoms with van der Waals surface area (Å²) in [7, 11) is -3.34. The summed E-state index contributed by atoms with van der Waals surface area (Å²) >= 11 is 0. The lowest BCUT2D eigenvalue weighted by Crippen LogP contribution is -2.35. The molecule has 1 rings (SSSR count). The van der Waals surface area contributed by atoms with Crippen LogP contribution in [0.1, 0.15) is 52.4 Å². The lowest BCUT2D eigenvalue weighted by molar-refractivity contribution is 0.218. The molecular formula is C11H23NO2S. The second-order valence-corrected chi connectivity index (χ2v) is 7.10. The number of sulfonamides is 1. The average Bonchev–Trinajstić information content (AvgIpc) is 2.25. The second-order valence-electron chi connectivity index (χ2n) is 5.48. The van der Waals surface area contributed by atoms with Gasteiger partial charge in [0.15, 0.2) is 0 Å². The molecule has 0 aromatic carbocycles. The molecule has 15 heavy (non-hydrogen) atoms. The normalized spacial score (nSPS) is 21.3. The molecular weight excluding hydrogens is 210 g/mol. The predicted molar refractivity (Wildman–Crippen MR) is 62.9 cm³/mol. The molecule has 0 saturated heterocycles. The SMILES string of the molecule is CC(C)(CS(N)(=O)=O)C1CCCCCC1. The summed E-state index contributed by atoms with van der Waals surface area (Å²) in [6, 6.07) is 0. The van der Waals surface area contributed by atoms with E-state index >= 15 is 0 Å². The maximum atomic E-state index is 11.2. The first kappa shape index (κ1) is 13.0. The third kappa shape index (κ3) is 4.51. The van der Waals surface area contributed by atoms with Crippen molar-refractivity contribution < 1.29 is 8.42 Å². The van der Waals surface area contributed by atoms with Crippen LogP contribution in [0.4, 0.5) is 0 Å². The standard InChI is InChI=1S/C11H23NO2S/c1-11(2,9-15(12,13)14)10-7-5-3-4-6-8-10/h10H,3-9H2,1-2H3,(H2,12,13,14). The molecule has 0 radical (unpaired) electrons. The van der Waals surface area contributed by atoms with Gasteiger partial charge < -0.3 is 0 Å². The van der Waals surface area contributed by atoms with Gasteiger partial charge in [-0.3, -0.25) is 0 Å². The molecule has 2 N–H and O–H groups in total. The van der Waals surface area contributed by atoms with Gasteiger partial charge in [-0.25, -0.2) is 13.6 Å². The Hall–Kier alpha value is -0.0900. The van der Waals surface area contributed by atoms with Gasteiger partial charge in [0, 0.05) is 0 Å². The molecule has 90 valence electrons. The van der Waals surface area contributed by atoms with E-state index < -0.39 is 10.0 Å². The number of nitrogens with two attached hydrogens (primary N) is 1. The monoisotopic (exact) mass is 233 g/mol. The van der Waals surface area contributed by atoms with E-state index in [0.717, 1.165) is 12.8 Å². The number of rotatable bonds is 3. The topological polar surface area (TPSA) is 60.2 Å². The maximum Gasteiger partial charge on any atom is 0.209 e. The molecule has 0 amide bonds. The molecule has 0 spiro atoms. The second kappa shape index (κ2) is 4.83. The minimum Gasteiger partial charge on any atom is -0.229 e. The Bertz CT molecular complexity index is 288. The highest BCUT2D eigenvalue weighted by Gasteiger charge is 2.33. The van der Waals surface area contributed by atoms with Gasteiger partial charge in [0.2, 0.25) is 10.0 Å². The molecule has 4 heteroatoms. The van der Waals surface area contributed by atoms with Crippen LogP contribution < -0.4 is 5.14 Å². The van der Waals surface area contributed by atoms with E-state index in [1.165, 1.54) is 25.7 Å². The minimum atomic E-state index is -3.34. The zero-order chi connectivity index (χ0) is 11.5. The Balaban J connectivity index is 2.66. The van der Waals surface area contributed by atoms with E-state index in [0.29, 0.717) is 5.92 Å². The van der Waals surface area contributed by atoms with E-state index in [9.17, 15) is 8.42 Å². The summed E-state index contributed by atoms with van der Waals surface area (Å²) in [4.78, 5) is 0. The molecule has 3 nitrogen and oxygen atoms in total. The molecule has 0 unspecified atom stereocenters. The molecule has 0 heterocycles. The molecule has 1 fully saturated rings. The first-order valence-corrected chi connectivity index (χ1v) is 7.53. The Morgan fingerprint density at radius 2 is 1.60 bits per heavy atom. The average molecular weight is 233 g/mol. The quantitative estimate of drug-likeness (QED) is 0.760. The van der Waals surface area contributed by atoms with Crippen molar-refractivity contribution in [2.45, 2.75) is 52.4 Å². The lowest BCUT2D eigenvalue weighted by atomic mass is 9.76. The van der Waals surface area contributed by atoms with Crippen LogP contribution in [0.5, 0.6) is 0 Å². The van der Waals surface area contributed by atoms with Crippen LogP contribution in [0.15, 0.2) is 0 Å². The number of hydrogen-bond donors (Lipinski definition) is 1. The van der Waals surface area contributed by atoms with Crippen LogP contribution in [0.3, 0.4) is 0 Å². The highest BCUT2D eigenvalue weighted by molar-refractivity contribution is 7.89. The molecule has 0 aromatic rings. The summed E-state index contributed by atoms with van der Waals surface area (Å²) in [5.41, 5.74) is -0.169. The smallest absolute Gasteiger partial charge is 0.209 e. The first-order chi connectivity index (χ1) is 6.81. The summed E-state index contributed by atoms with van der Waals surface area (Å²) in [5, 5.41) is 5.14. The third-order valence-corrected chi connectivity index (χ3v) is 4.68. The van der Waals surface area contributed by atoms with Gasteiger partial charge in [-0.15, -0.1) is 0 Å². The summed E-state index contributed by atoms with van der Waals surface area (Å²) in [5.74, 6) is 0.628. The van der Waals surface area contributed by atoms with Crippen LogP contribution in [0.2, 0.25) is 0 Å². The van der Waals surface area contributed by atoms with Gasteiger partial charge in [-0.05, 0) is 24.2 Å². The minimum absolute atomic E-state index is 0.116. The van der Waals surface area contributed by atoms with Gasteiger partial charge in [-0.2, -0.15) is 0 Å². The van der Waals surface area contributed by atoms with Gasteiger partial charge in [0.25, 0.3) is 0 Å². The lowest BCUT2D eigenvalue weighted by Gasteiger charge is -2.33. The zero-order valence-corrected chi connectivity index (χ0v) is 10.6. The van der Waals surface area contributed by atoms with E-state index in [2.05, 4.69) is 0 Å². The highest BCUT2D eigenvalue weighted by Crippen LogP contribution is 2.37.